The van der Waals surface area contributed by atoms with Gasteiger partial charge in [-0.25, -0.2) is 4.79 Å². The molecule has 1 aliphatic heterocycles. The number of nitrogens with one attached hydrogen (secondary N) is 1. The highest BCUT2D eigenvalue weighted by Crippen LogP contribution is 2.50. The molecular weight excluding hydrogens is 313 g/mol. The number of allylic oxidation sites excluding steroid dienone is 1. The van der Waals surface area contributed by atoms with Crippen LogP contribution in [0.5, 0.6) is 0 Å². The van der Waals surface area contributed by atoms with Gasteiger partial charge in [0.15, 0.2) is 0 Å². The summed E-state index contributed by atoms with van der Waals surface area (Å²) in [5.74, 6) is -0.0354. The summed E-state index contributed by atoms with van der Waals surface area (Å²) in [6, 6.07) is -0.697. The molecule has 1 aliphatic rings. The number of hydrogen-bond donors (Lipinski definition) is 3. The SMILES string of the molecule is CCCCCCC1=C(P(=O)(O)O)N[C@H](C(=O)OCC)CS1. The Hall–Kier alpha value is -0.490. The van der Waals surface area contributed by atoms with Crippen LogP contribution in [0.15, 0.2) is 10.3 Å². The van der Waals surface area contributed by atoms with Crippen molar-refractivity contribution in [3.05, 3.63) is 10.3 Å². The van der Waals surface area contributed by atoms with Crippen LogP contribution in [0.3, 0.4) is 0 Å². The van der Waals surface area contributed by atoms with E-state index >= 15 is 0 Å². The molecular formula is C13H24NO5PS. The van der Waals surface area contributed by atoms with Gasteiger partial charge in [-0.2, -0.15) is 0 Å². The fourth-order valence-corrected chi connectivity index (χ4v) is 4.44. The van der Waals surface area contributed by atoms with Crippen LogP contribution in [-0.4, -0.2) is 34.2 Å². The third-order valence-electron chi connectivity index (χ3n) is 3.12. The fourth-order valence-electron chi connectivity index (χ4n) is 2.06. The molecule has 0 amide bonds. The number of ether oxygens (including phenoxy) is 1. The highest BCUT2D eigenvalue weighted by Gasteiger charge is 2.34. The summed E-state index contributed by atoms with van der Waals surface area (Å²) >= 11 is 1.34. The molecule has 0 aromatic rings. The van der Waals surface area contributed by atoms with Crippen molar-refractivity contribution >= 4 is 25.3 Å². The van der Waals surface area contributed by atoms with Crippen molar-refractivity contribution in [2.75, 3.05) is 12.4 Å². The number of thioether (sulfide) groups is 1. The van der Waals surface area contributed by atoms with Gasteiger partial charge in [0.2, 0.25) is 0 Å². The lowest BCUT2D eigenvalue weighted by Crippen LogP contribution is -2.42. The van der Waals surface area contributed by atoms with E-state index in [0.717, 1.165) is 25.7 Å². The number of esters is 1. The molecule has 8 heteroatoms. The first-order chi connectivity index (χ1) is 9.90. The van der Waals surface area contributed by atoms with Gasteiger partial charge in [0.05, 0.1) is 6.61 Å². The standard InChI is InChI=1S/C13H24NO5PS/c1-3-5-6-7-8-11-12(20(16,17)18)14-10(9-21-11)13(15)19-4-2/h10,14H,3-9H2,1-2H3,(H2,16,17,18)/t10-/m0/s1. The van der Waals surface area contributed by atoms with Gasteiger partial charge in [-0.1, -0.05) is 26.2 Å². The topological polar surface area (TPSA) is 95.9 Å². The molecule has 0 fully saturated rings. The summed E-state index contributed by atoms with van der Waals surface area (Å²) in [6.07, 6.45) is 4.79. The summed E-state index contributed by atoms with van der Waals surface area (Å²) in [7, 11) is -4.41. The minimum Gasteiger partial charge on any atom is -0.464 e. The second-order valence-corrected chi connectivity index (χ2v) is 7.54. The van der Waals surface area contributed by atoms with E-state index in [0.29, 0.717) is 17.1 Å². The highest BCUT2D eigenvalue weighted by molar-refractivity contribution is 8.03. The van der Waals surface area contributed by atoms with Gasteiger partial charge in [0.25, 0.3) is 0 Å². The molecule has 122 valence electrons. The lowest BCUT2D eigenvalue weighted by Gasteiger charge is -2.28. The Labute approximate surface area is 129 Å². The predicted molar refractivity (Wildman–Crippen MR) is 83.8 cm³/mol. The van der Waals surface area contributed by atoms with Gasteiger partial charge < -0.3 is 19.8 Å². The highest BCUT2D eigenvalue weighted by atomic mass is 32.2. The smallest absolute Gasteiger partial charge is 0.372 e. The predicted octanol–water partition coefficient (Wildman–Crippen LogP) is 2.57. The number of carbonyl (C=O) groups excluding carboxylic acids is 1. The van der Waals surface area contributed by atoms with Crippen LogP contribution in [0.25, 0.3) is 0 Å². The number of rotatable bonds is 8. The van der Waals surface area contributed by atoms with Gasteiger partial charge in [-0.3, -0.25) is 4.57 Å². The van der Waals surface area contributed by atoms with E-state index in [1.807, 2.05) is 0 Å². The zero-order valence-electron chi connectivity index (χ0n) is 12.5. The number of hydrogen-bond acceptors (Lipinski definition) is 5. The molecule has 1 rings (SSSR count). The van der Waals surface area contributed by atoms with Crippen LogP contribution in [0.2, 0.25) is 0 Å². The van der Waals surface area contributed by atoms with Crippen LogP contribution in [0.4, 0.5) is 0 Å². The molecule has 1 heterocycles. The van der Waals surface area contributed by atoms with Crippen LogP contribution in [0.1, 0.15) is 46.0 Å². The Bertz CT molecular complexity index is 434. The van der Waals surface area contributed by atoms with E-state index in [4.69, 9.17) is 4.74 Å². The Morgan fingerprint density at radius 1 is 1.38 bits per heavy atom. The molecule has 3 N–H and O–H groups in total. The molecule has 21 heavy (non-hydrogen) atoms. The van der Waals surface area contributed by atoms with Gasteiger partial charge in [-0.15, -0.1) is 11.8 Å². The second kappa shape index (κ2) is 8.83. The van der Waals surface area contributed by atoms with Crippen molar-refractivity contribution in [2.45, 2.75) is 52.0 Å². The van der Waals surface area contributed by atoms with E-state index in [2.05, 4.69) is 12.2 Å². The Balaban J connectivity index is 2.76. The van der Waals surface area contributed by atoms with E-state index < -0.39 is 19.6 Å². The fraction of sp³-hybridized carbons (Fsp3) is 0.769. The van der Waals surface area contributed by atoms with Gasteiger partial charge in [0.1, 0.15) is 11.5 Å². The van der Waals surface area contributed by atoms with Crippen molar-refractivity contribution in [1.82, 2.24) is 5.32 Å². The van der Waals surface area contributed by atoms with Crippen LogP contribution in [-0.2, 0) is 14.1 Å². The zero-order chi connectivity index (χ0) is 15.9. The zero-order valence-corrected chi connectivity index (χ0v) is 14.2. The van der Waals surface area contributed by atoms with E-state index in [1.54, 1.807) is 6.92 Å². The van der Waals surface area contributed by atoms with E-state index in [-0.39, 0.29) is 12.0 Å². The molecule has 0 radical (unpaired) electrons. The summed E-state index contributed by atoms with van der Waals surface area (Å²) in [5, 5.41) is 2.69. The molecule has 6 nitrogen and oxygen atoms in total. The van der Waals surface area contributed by atoms with Crippen molar-refractivity contribution in [3.8, 4) is 0 Å². The second-order valence-electron chi connectivity index (χ2n) is 4.89. The first-order valence-corrected chi connectivity index (χ1v) is 9.85. The van der Waals surface area contributed by atoms with Crippen LogP contribution < -0.4 is 5.32 Å². The Kier molecular flexibility index (Phi) is 7.81. The van der Waals surface area contributed by atoms with Crippen LogP contribution >= 0.6 is 19.4 Å². The molecule has 1 atom stereocenters. The Morgan fingerprint density at radius 2 is 2.10 bits per heavy atom. The lowest BCUT2D eigenvalue weighted by atomic mass is 10.1. The molecule has 0 bridgehead atoms. The van der Waals surface area contributed by atoms with E-state index in [1.165, 1.54) is 11.8 Å². The average Bonchev–Trinajstić information content (AvgIpc) is 2.43. The normalized spacial score (nSPS) is 19.3. The maximum atomic E-state index is 11.7. The molecule has 0 aliphatic carbocycles. The Morgan fingerprint density at radius 3 is 2.67 bits per heavy atom. The van der Waals surface area contributed by atoms with Gasteiger partial charge in [0, 0.05) is 10.7 Å². The molecule has 0 saturated heterocycles. The third kappa shape index (κ3) is 6.02. The van der Waals surface area contributed by atoms with Gasteiger partial charge in [-0.05, 0) is 19.8 Å². The van der Waals surface area contributed by atoms with Crippen molar-refractivity contribution in [2.24, 2.45) is 0 Å². The molecule has 0 saturated carbocycles. The maximum Gasteiger partial charge on any atom is 0.372 e. The lowest BCUT2D eigenvalue weighted by molar-refractivity contribution is -0.144. The maximum absolute atomic E-state index is 11.7. The summed E-state index contributed by atoms with van der Waals surface area (Å²) in [6.45, 7) is 4.06. The van der Waals surface area contributed by atoms with Crippen molar-refractivity contribution in [3.63, 3.8) is 0 Å². The molecule has 0 unspecified atom stereocenters. The molecule has 0 aromatic carbocycles. The summed E-state index contributed by atoms with van der Waals surface area (Å²) in [5.41, 5.74) is -0.103. The quantitative estimate of drug-likeness (QED) is 0.356. The number of unbranched alkanes of at least 4 members (excludes halogenated alkanes) is 3. The first kappa shape index (κ1) is 18.6. The van der Waals surface area contributed by atoms with E-state index in [9.17, 15) is 19.1 Å². The number of carbonyl (C=O) groups is 1. The molecule has 0 aromatic heterocycles. The molecule has 0 spiro atoms. The van der Waals surface area contributed by atoms with Crippen LogP contribution in [0, 0.1) is 0 Å². The summed E-state index contributed by atoms with van der Waals surface area (Å²) in [4.78, 5) is 31.3. The van der Waals surface area contributed by atoms with Crippen molar-refractivity contribution < 1.29 is 23.9 Å². The minimum atomic E-state index is -4.41. The summed E-state index contributed by atoms with van der Waals surface area (Å²) < 4.78 is 16.5. The largest absolute Gasteiger partial charge is 0.464 e. The van der Waals surface area contributed by atoms with Gasteiger partial charge >= 0.3 is 13.6 Å². The third-order valence-corrected chi connectivity index (χ3v) is 5.51. The minimum absolute atomic E-state index is 0.103. The van der Waals surface area contributed by atoms with Crippen molar-refractivity contribution in [1.29, 1.82) is 0 Å². The monoisotopic (exact) mass is 337 g/mol. The first-order valence-electron chi connectivity index (χ1n) is 7.25. The average molecular weight is 337 g/mol.